The Morgan fingerprint density at radius 2 is 2.12 bits per heavy atom. The largest absolute Gasteiger partial charge is 0.484 e. The molecule has 88 valence electrons. The average molecular weight is 233 g/mol. The first-order valence-electron chi connectivity index (χ1n) is 5.10. The van der Waals surface area contributed by atoms with Gasteiger partial charge < -0.3 is 10.5 Å². The fourth-order valence-electron chi connectivity index (χ4n) is 1.31. The number of aryl methyl sites for hydroxylation is 1. The molecule has 0 fully saturated rings. The lowest BCUT2D eigenvalue weighted by atomic mass is 10.2. The van der Waals surface area contributed by atoms with E-state index in [1.165, 1.54) is 18.5 Å². The van der Waals surface area contributed by atoms with E-state index in [2.05, 4.69) is 9.97 Å². The molecule has 0 bridgehead atoms. The molecule has 0 aliphatic carbocycles. The summed E-state index contributed by atoms with van der Waals surface area (Å²) in [5.74, 6) is 0.165. The van der Waals surface area contributed by atoms with Gasteiger partial charge in [-0.25, -0.2) is 9.37 Å². The molecule has 0 radical (unpaired) electrons. The zero-order valence-electron chi connectivity index (χ0n) is 9.35. The summed E-state index contributed by atoms with van der Waals surface area (Å²) in [5.41, 5.74) is 6.94. The maximum atomic E-state index is 13.4. The third-order valence-electron chi connectivity index (χ3n) is 2.19. The van der Waals surface area contributed by atoms with Crippen molar-refractivity contribution in [1.82, 2.24) is 9.97 Å². The minimum atomic E-state index is -0.390. The molecule has 0 aliphatic heterocycles. The lowest BCUT2D eigenvalue weighted by Crippen LogP contribution is -2.02. The maximum Gasteiger partial charge on any atom is 0.165 e. The minimum absolute atomic E-state index is 0.160. The van der Waals surface area contributed by atoms with Crippen LogP contribution >= 0.6 is 0 Å². The smallest absolute Gasteiger partial charge is 0.165 e. The summed E-state index contributed by atoms with van der Waals surface area (Å²) in [6, 6.07) is 4.70. The molecule has 1 aromatic carbocycles. The monoisotopic (exact) mass is 233 g/mol. The Labute approximate surface area is 98.3 Å². The van der Waals surface area contributed by atoms with Crippen molar-refractivity contribution < 1.29 is 9.13 Å². The summed E-state index contributed by atoms with van der Waals surface area (Å²) < 4.78 is 18.7. The van der Waals surface area contributed by atoms with Crippen LogP contribution in [0.15, 0.2) is 30.6 Å². The predicted molar refractivity (Wildman–Crippen MR) is 61.9 cm³/mol. The maximum absolute atomic E-state index is 13.4. The molecule has 0 amide bonds. The molecule has 0 saturated carbocycles. The van der Waals surface area contributed by atoms with Crippen LogP contribution in [0.2, 0.25) is 0 Å². The van der Waals surface area contributed by atoms with Crippen molar-refractivity contribution in [2.75, 3.05) is 5.73 Å². The first kappa shape index (κ1) is 11.3. The number of nitrogens with two attached hydrogens (primary N) is 1. The Balaban J connectivity index is 2.07. The first-order valence-corrected chi connectivity index (χ1v) is 5.10. The molecule has 2 N–H and O–H groups in total. The summed E-state index contributed by atoms with van der Waals surface area (Å²) in [7, 11) is 0. The number of anilines is 1. The van der Waals surface area contributed by atoms with Crippen molar-refractivity contribution >= 4 is 5.82 Å². The van der Waals surface area contributed by atoms with E-state index in [1.807, 2.05) is 6.92 Å². The number of hydrogen-bond donors (Lipinski definition) is 1. The van der Waals surface area contributed by atoms with Crippen molar-refractivity contribution in [1.29, 1.82) is 0 Å². The number of halogens is 1. The number of benzene rings is 1. The van der Waals surface area contributed by atoms with Gasteiger partial charge in [0.1, 0.15) is 12.4 Å². The SMILES string of the molecule is Cc1ccc(F)c(OCc2cnc(N)cn2)c1. The third kappa shape index (κ3) is 2.90. The van der Waals surface area contributed by atoms with Crippen LogP contribution in [0.25, 0.3) is 0 Å². The van der Waals surface area contributed by atoms with Crippen molar-refractivity contribution in [2.45, 2.75) is 13.5 Å². The molecular weight excluding hydrogens is 221 g/mol. The number of ether oxygens (including phenoxy) is 1. The summed E-state index contributed by atoms with van der Waals surface area (Å²) >= 11 is 0. The Kier molecular flexibility index (Phi) is 3.18. The summed E-state index contributed by atoms with van der Waals surface area (Å²) in [4.78, 5) is 7.88. The second kappa shape index (κ2) is 4.78. The average Bonchev–Trinajstić information content (AvgIpc) is 2.32. The molecule has 4 nitrogen and oxygen atoms in total. The Morgan fingerprint density at radius 3 is 2.82 bits per heavy atom. The van der Waals surface area contributed by atoms with Gasteiger partial charge in [-0.15, -0.1) is 0 Å². The number of hydrogen-bond acceptors (Lipinski definition) is 4. The molecule has 1 aromatic heterocycles. The van der Waals surface area contributed by atoms with Crippen LogP contribution in [0.1, 0.15) is 11.3 Å². The van der Waals surface area contributed by atoms with Crippen LogP contribution in [0.3, 0.4) is 0 Å². The fourth-order valence-corrected chi connectivity index (χ4v) is 1.31. The van der Waals surface area contributed by atoms with Crippen molar-refractivity contribution in [3.8, 4) is 5.75 Å². The van der Waals surface area contributed by atoms with Crippen LogP contribution in [0.4, 0.5) is 10.2 Å². The summed E-state index contributed by atoms with van der Waals surface area (Å²) in [6.07, 6.45) is 2.94. The standard InChI is InChI=1S/C12H12FN3O/c1-8-2-3-10(13)11(4-8)17-7-9-5-16-12(14)6-15-9/h2-6H,7H2,1H3,(H2,14,16). The second-order valence-electron chi connectivity index (χ2n) is 3.66. The van der Waals surface area contributed by atoms with E-state index in [-0.39, 0.29) is 18.2 Å². The van der Waals surface area contributed by atoms with Crippen molar-refractivity contribution in [3.63, 3.8) is 0 Å². The van der Waals surface area contributed by atoms with Crippen molar-refractivity contribution in [2.24, 2.45) is 0 Å². The normalized spacial score (nSPS) is 10.2. The highest BCUT2D eigenvalue weighted by Crippen LogP contribution is 2.19. The Morgan fingerprint density at radius 1 is 1.29 bits per heavy atom. The van der Waals surface area contributed by atoms with E-state index in [0.29, 0.717) is 11.5 Å². The van der Waals surface area contributed by atoms with E-state index < -0.39 is 0 Å². The van der Waals surface area contributed by atoms with Gasteiger partial charge in [-0.05, 0) is 24.6 Å². The van der Waals surface area contributed by atoms with Gasteiger partial charge in [0, 0.05) is 0 Å². The van der Waals surface area contributed by atoms with Crippen LogP contribution in [0, 0.1) is 12.7 Å². The van der Waals surface area contributed by atoms with Crippen LogP contribution in [-0.4, -0.2) is 9.97 Å². The van der Waals surface area contributed by atoms with Gasteiger partial charge in [-0.2, -0.15) is 0 Å². The second-order valence-corrected chi connectivity index (χ2v) is 3.66. The molecule has 5 heteroatoms. The molecule has 0 atom stereocenters. The lowest BCUT2D eigenvalue weighted by molar-refractivity contribution is 0.285. The van der Waals surface area contributed by atoms with Gasteiger partial charge in [-0.1, -0.05) is 6.07 Å². The topological polar surface area (TPSA) is 61.0 Å². The van der Waals surface area contributed by atoms with E-state index in [0.717, 1.165) is 5.56 Å². The highest BCUT2D eigenvalue weighted by molar-refractivity contribution is 5.29. The molecule has 1 heterocycles. The predicted octanol–water partition coefficient (Wildman–Crippen LogP) is 2.09. The zero-order valence-corrected chi connectivity index (χ0v) is 9.35. The number of nitrogens with zero attached hydrogens (tertiary/aromatic N) is 2. The van der Waals surface area contributed by atoms with E-state index in [9.17, 15) is 4.39 Å². The number of rotatable bonds is 3. The van der Waals surface area contributed by atoms with Crippen LogP contribution in [-0.2, 0) is 6.61 Å². The summed E-state index contributed by atoms with van der Waals surface area (Å²) in [6.45, 7) is 2.03. The quantitative estimate of drug-likeness (QED) is 0.881. The molecular formula is C12H12FN3O. The molecule has 17 heavy (non-hydrogen) atoms. The Hall–Kier alpha value is -2.17. The summed E-state index contributed by atoms with van der Waals surface area (Å²) in [5, 5.41) is 0. The van der Waals surface area contributed by atoms with E-state index in [1.54, 1.807) is 12.1 Å². The molecule has 0 unspecified atom stereocenters. The van der Waals surface area contributed by atoms with E-state index in [4.69, 9.17) is 10.5 Å². The van der Waals surface area contributed by atoms with Gasteiger partial charge in [0.2, 0.25) is 0 Å². The minimum Gasteiger partial charge on any atom is -0.484 e. The lowest BCUT2D eigenvalue weighted by Gasteiger charge is -2.07. The van der Waals surface area contributed by atoms with Crippen LogP contribution < -0.4 is 10.5 Å². The molecule has 0 spiro atoms. The third-order valence-corrected chi connectivity index (χ3v) is 2.19. The number of aromatic nitrogens is 2. The van der Waals surface area contributed by atoms with E-state index >= 15 is 0 Å². The van der Waals surface area contributed by atoms with Gasteiger partial charge in [0.15, 0.2) is 11.6 Å². The van der Waals surface area contributed by atoms with Gasteiger partial charge in [0.25, 0.3) is 0 Å². The zero-order chi connectivity index (χ0) is 12.3. The fraction of sp³-hybridized carbons (Fsp3) is 0.167. The highest BCUT2D eigenvalue weighted by Gasteiger charge is 2.04. The van der Waals surface area contributed by atoms with Gasteiger partial charge in [-0.3, -0.25) is 4.98 Å². The molecule has 2 aromatic rings. The number of nitrogen functional groups attached to an aromatic ring is 1. The molecule has 2 rings (SSSR count). The van der Waals surface area contributed by atoms with Gasteiger partial charge in [0.05, 0.1) is 18.1 Å². The van der Waals surface area contributed by atoms with Crippen LogP contribution in [0.5, 0.6) is 5.75 Å². The van der Waals surface area contributed by atoms with Crippen molar-refractivity contribution in [3.05, 3.63) is 47.7 Å². The molecule has 0 aliphatic rings. The first-order chi connectivity index (χ1) is 8.15. The van der Waals surface area contributed by atoms with Gasteiger partial charge >= 0.3 is 0 Å². The molecule has 0 saturated heterocycles. The Bertz CT molecular complexity index is 514. The highest BCUT2D eigenvalue weighted by atomic mass is 19.1.